The van der Waals surface area contributed by atoms with Gasteiger partial charge >= 0.3 is 12.0 Å². The first kappa shape index (κ1) is 23.9. The first-order valence-corrected chi connectivity index (χ1v) is 12.3. The van der Waals surface area contributed by atoms with Crippen molar-refractivity contribution in [3.63, 3.8) is 0 Å². The lowest BCUT2D eigenvalue weighted by Gasteiger charge is -2.25. The Hall–Kier alpha value is -3.27. The smallest absolute Gasteiger partial charge is 0.326 e. The number of sulfonamides is 1. The van der Waals surface area contributed by atoms with E-state index in [9.17, 15) is 23.1 Å². The van der Waals surface area contributed by atoms with Gasteiger partial charge in [0, 0.05) is 27.8 Å². The number of carbonyl (C=O) groups excluding carboxylic acids is 1. The van der Waals surface area contributed by atoms with Gasteiger partial charge in [0.2, 0.25) is 0 Å². The molecule has 0 saturated carbocycles. The van der Waals surface area contributed by atoms with Crippen molar-refractivity contribution < 1.29 is 23.1 Å². The number of nitrogens with zero attached hydrogens (tertiary/aromatic N) is 2. The molecule has 0 spiro atoms. The minimum Gasteiger partial charge on any atom is -0.480 e. The van der Waals surface area contributed by atoms with E-state index < -0.39 is 22.5 Å². The van der Waals surface area contributed by atoms with Gasteiger partial charge in [0.1, 0.15) is 6.54 Å². The maximum atomic E-state index is 13.5. The molecule has 0 aromatic heterocycles. The quantitative estimate of drug-likeness (QED) is 0.483. The van der Waals surface area contributed by atoms with Crippen LogP contribution in [0.4, 0.5) is 21.9 Å². The summed E-state index contributed by atoms with van der Waals surface area (Å²) in [5.41, 5.74) is 1.83. The Balaban J connectivity index is 1.74. The molecule has 34 heavy (non-hydrogen) atoms. The summed E-state index contributed by atoms with van der Waals surface area (Å²) in [6.07, 6.45) is 0.343. The van der Waals surface area contributed by atoms with Crippen molar-refractivity contribution in [2.45, 2.75) is 11.3 Å². The molecule has 0 unspecified atom stereocenters. The van der Waals surface area contributed by atoms with Crippen LogP contribution in [0.3, 0.4) is 0 Å². The maximum absolute atomic E-state index is 13.5. The van der Waals surface area contributed by atoms with Crippen molar-refractivity contribution in [3.8, 4) is 0 Å². The third-order valence-electron chi connectivity index (χ3n) is 5.24. The van der Waals surface area contributed by atoms with Gasteiger partial charge < -0.3 is 10.4 Å². The van der Waals surface area contributed by atoms with E-state index in [4.69, 9.17) is 23.2 Å². The van der Waals surface area contributed by atoms with E-state index >= 15 is 0 Å². The monoisotopic (exact) mass is 519 g/mol. The summed E-state index contributed by atoms with van der Waals surface area (Å²) in [6, 6.07) is 17.1. The molecule has 2 N–H and O–H groups in total. The molecule has 0 fully saturated rings. The number of anilines is 3. The number of halogens is 2. The van der Waals surface area contributed by atoms with Gasteiger partial charge in [0.05, 0.1) is 16.3 Å². The van der Waals surface area contributed by atoms with E-state index in [1.54, 1.807) is 36.4 Å². The predicted octanol–water partition coefficient (Wildman–Crippen LogP) is 4.87. The molecule has 0 radical (unpaired) electrons. The van der Waals surface area contributed by atoms with Crippen molar-refractivity contribution in [2.24, 2.45) is 0 Å². The minimum absolute atomic E-state index is 0.100. The van der Waals surface area contributed by atoms with Crippen LogP contribution in [0.25, 0.3) is 0 Å². The van der Waals surface area contributed by atoms with E-state index in [1.807, 2.05) is 6.07 Å². The second kappa shape index (κ2) is 9.54. The molecular weight excluding hydrogens is 501 g/mol. The van der Waals surface area contributed by atoms with Crippen LogP contribution >= 0.6 is 23.2 Å². The third-order valence-corrected chi connectivity index (χ3v) is 7.42. The Morgan fingerprint density at radius 3 is 2.32 bits per heavy atom. The van der Waals surface area contributed by atoms with Crippen LogP contribution in [0.5, 0.6) is 0 Å². The standard InChI is InChI=1S/C23H19Cl2N3O5S/c24-15-11-16(25)13-18(12-15)34(32,33)28(14-22(29)30)21-8-4-7-20-19(21)9-10-27(20)23(31)26-17-5-2-1-3-6-17/h1-8,11-13H,9-10,14H2,(H,26,31)(H,29,30). The normalized spacial score (nSPS) is 12.8. The molecule has 1 heterocycles. The van der Waals surface area contributed by atoms with Gasteiger partial charge in [-0.25, -0.2) is 13.2 Å². The Labute approximate surface area is 206 Å². The maximum Gasteiger partial charge on any atom is 0.326 e. The highest BCUT2D eigenvalue weighted by Crippen LogP contribution is 2.38. The van der Waals surface area contributed by atoms with Gasteiger partial charge in [-0.2, -0.15) is 0 Å². The number of rotatable bonds is 6. The number of nitrogens with one attached hydrogen (secondary N) is 1. The molecule has 11 heteroatoms. The molecule has 4 rings (SSSR count). The largest absolute Gasteiger partial charge is 0.480 e. The van der Waals surface area contributed by atoms with E-state index in [-0.39, 0.29) is 26.7 Å². The van der Waals surface area contributed by atoms with Crippen LogP contribution < -0.4 is 14.5 Å². The molecule has 1 aliphatic rings. The molecular formula is C23H19Cl2N3O5S. The number of fused-ring (bicyclic) bond motifs is 1. The van der Waals surface area contributed by atoms with Crippen molar-refractivity contribution in [2.75, 3.05) is 27.6 Å². The molecule has 1 aliphatic heterocycles. The zero-order valence-electron chi connectivity index (χ0n) is 17.6. The fourth-order valence-electron chi connectivity index (χ4n) is 3.80. The number of carboxylic acid groups (broad SMARTS) is 1. The lowest BCUT2D eigenvalue weighted by atomic mass is 10.1. The second-order valence-corrected chi connectivity index (χ2v) is 10.2. The summed E-state index contributed by atoms with van der Waals surface area (Å²) < 4.78 is 27.8. The number of urea groups is 1. The first-order valence-electron chi connectivity index (χ1n) is 10.1. The highest BCUT2D eigenvalue weighted by Gasteiger charge is 2.34. The Bertz CT molecular complexity index is 1350. The lowest BCUT2D eigenvalue weighted by molar-refractivity contribution is -0.135. The lowest BCUT2D eigenvalue weighted by Crippen LogP contribution is -2.36. The highest BCUT2D eigenvalue weighted by molar-refractivity contribution is 7.92. The number of para-hydroxylation sites is 1. The SMILES string of the molecule is O=C(O)CN(c1cccc2c1CCN2C(=O)Nc1ccccc1)S(=O)(=O)c1cc(Cl)cc(Cl)c1. The number of benzene rings is 3. The number of carbonyl (C=O) groups is 2. The molecule has 0 bridgehead atoms. The molecule has 8 nitrogen and oxygen atoms in total. The third kappa shape index (κ3) is 4.82. The molecule has 3 aromatic rings. The average molecular weight is 520 g/mol. The van der Waals surface area contributed by atoms with Crippen LogP contribution in [0.15, 0.2) is 71.6 Å². The van der Waals surface area contributed by atoms with Gasteiger partial charge in [0.25, 0.3) is 10.0 Å². The van der Waals surface area contributed by atoms with E-state index in [0.717, 1.165) is 4.31 Å². The van der Waals surface area contributed by atoms with Crippen LogP contribution in [0, 0.1) is 0 Å². The summed E-state index contributed by atoms with van der Waals surface area (Å²) in [4.78, 5) is 25.8. The van der Waals surface area contributed by atoms with E-state index in [1.165, 1.54) is 29.2 Å². The van der Waals surface area contributed by atoms with Gasteiger partial charge in [0.15, 0.2) is 0 Å². The van der Waals surface area contributed by atoms with Gasteiger partial charge in [-0.05, 0) is 48.9 Å². The van der Waals surface area contributed by atoms with E-state index in [0.29, 0.717) is 29.9 Å². The molecule has 0 saturated heterocycles. The van der Waals surface area contributed by atoms with Crippen LogP contribution in [0.1, 0.15) is 5.56 Å². The predicted molar refractivity (Wildman–Crippen MR) is 132 cm³/mol. The minimum atomic E-state index is -4.34. The molecule has 3 aromatic carbocycles. The van der Waals surface area contributed by atoms with Gasteiger partial charge in [-0.15, -0.1) is 0 Å². The fraction of sp³-hybridized carbons (Fsp3) is 0.130. The summed E-state index contributed by atoms with van der Waals surface area (Å²) >= 11 is 12.0. The Morgan fingerprint density at radius 2 is 1.68 bits per heavy atom. The summed E-state index contributed by atoms with van der Waals surface area (Å²) in [5, 5.41) is 12.5. The van der Waals surface area contributed by atoms with Crippen LogP contribution in [0.2, 0.25) is 10.0 Å². The summed E-state index contributed by atoms with van der Waals surface area (Å²) in [5.74, 6) is -1.34. The Kier molecular flexibility index (Phi) is 6.70. The Morgan fingerprint density at radius 1 is 1.00 bits per heavy atom. The molecule has 0 aliphatic carbocycles. The zero-order valence-corrected chi connectivity index (χ0v) is 19.9. The van der Waals surface area contributed by atoms with Crippen molar-refractivity contribution in [1.29, 1.82) is 0 Å². The highest BCUT2D eigenvalue weighted by atomic mass is 35.5. The number of amides is 2. The summed E-state index contributed by atoms with van der Waals surface area (Å²) in [7, 11) is -4.34. The number of hydrogen-bond donors (Lipinski definition) is 2. The average Bonchev–Trinajstić information content (AvgIpc) is 3.22. The van der Waals surface area contributed by atoms with Crippen LogP contribution in [-0.2, 0) is 21.2 Å². The topological polar surface area (TPSA) is 107 Å². The van der Waals surface area contributed by atoms with E-state index in [2.05, 4.69) is 5.32 Å². The number of carboxylic acids is 1. The first-order chi connectivity index (χ1) is 16.2. The number of hydrogen-bond acceptors (Lipinski definition) is 4. The molecule has 0 atom stereocenters. The summed E-state index contributed by atoms with van der Waals surface area (Å²) in [6.45, 7) is -0.520. The van der Waals surface area contributed by atoms with Gasteiger partial charge in [-0.3, -0.25) is 14.0 Å². The zero-order chi connectivity index (χ0) is 24.5. The molecule has 2 amide bonds. The van der Waals surface area contributed by atoms with Crippen LogP contribution in [-0.4, -0.2) is 38.6 Å². The van der Waals surface area contributed by atoms with Crippen molar-refractivity contribution in [3.05, 3.63) is 82.3 Å². The molecule has 176 valence electrons. The second-order valence-electron chi connectivity index (χ2n) is 7.48. The number of aliphatic carboxylic acids is 1. The van der Waals surface area contributed by atoms with Gasteiger partial charge in [-0.1, -0.05) is 47.5 Å². The van der Waals surface area contributed by atoms with Crippen molar-refractivity contribution in [1.82, 2.24) is 0 Å². The van der Waals surface area contributed by atoms with Crippen molar-refractivity contribution >= 4 is 62.3 Å². The fourth-order valence-corrected chi connectivity index (χ4v) is 5.97.